The fraction of sp³-hybridized carbons (Fsp3) is 0.200. The zero-order chi connectivity index (χ0) is 10.6. The number of aryl methyl sites for hydroxylation is 1. The van der Waals surface area contributed by atoms with Crippen LogP contribution >= 0.6 is 0 Å². The van der Waals surface area contributed by atoms with Gasteiger partial charge in [0, 0.05) is 18.7 Å². The fourth-order valence-electron chi connectivity index (χ4n) is 1.04. The largest absolute Gasteiger partial charge is 0.388 e. The van der Waals surface area contributed by atoms with Gasteiger partial charge in [0.1, 0.15) is 5.75 Å². The molecule has 0 aliphatic heterocycles. The number of hydrogen-bond donors (Lipinski definition) is 1. The number of anilines is 1. The topological polar surface area (TPSA) is 62.1 Å². The molecule has 1 N–H and O–H groups in total. The lowest BCUT2D eigenvalue weighted by atomic mass is 10.2. The van der Waals surface area contributed by atoms with Gasteiger partial charge in [0.25, 0.3) is 6.26 Å². The molecule has 1 aromatic carbocycles. The first-order valence-corrected chi connectivity index (χ1v) is 4.07. The van der Waals surface area contributed by atoms with Crippen LogP contribution in [-0.2, 0) is 4.79 Å². The van der Waals surface area contributed by atoms with E-state index in [-0.39, 0.29) is 5.91 Å². The molecule has 1 rings (SSSR count). The molecule has 1 aromatic rings. The molecule has 4 heteroatoms. The Morgan fingerprint density at radius 3 is 2.86 bits per heavy atom. The molecule has 0 fully saturated rings. The molecule has 0 saturated heterocycles. The molecule has 72 valence electrons. The second-order valence-electron chi connectivity index (χ2n) is 2.85. The first-order chi connectivity index (χ1) is 6.63. The number of benzene rings is 1. The minimum absolute atomic E-state index is 0.151. The van der Waals surface area contributed by atoms with Crippen LogP contribution in [0.5, 0.6) is 5.75 Å². The van der Waals surface area contributed by atoms with Crippen LogP contribution < -0.4 is 10.1 Å². The lowest BCUT2D eigenvalue weighted by Gasteiger charge is -2.06. The van der Waals surface area contributed by atoms with Crippen molar-refractivity contribution in [1.82, 2.24) is 0 Å². The van der Waals surface area contributed by atoms with Gasteiger partial charge in [-0.05, 0) is 18.6 Å². The summed E-state index contributed by atoms with van der Waals surface area (Å²) in [7, 11) is 0. The van der Waals surface area contributed by atoms with Gasteiger partial charge in [-0.1, -0.05) is 6.07 Å². The van der Waals surface area contributed by atoms with E-state index in [9.17, 15) is 4.79 Å². The van der Waals surface area contributed by atoms with Crippen molar-refractivity contribution in [2.24, 2.45) is 0 Å². The highest BCUT2D eigenvalue weighted by atomic mass is 16.5. The van der Waals surface area contributed by atoms with Gasteiger partial charge in [-0.15, -0.1) is 5.26 Å². The summed E-state index contributed by atoms with van der Waals surface area (Å²) in [6, 6.07) is 5.06. The number of rotatable bonds is 2. The highest BCUT2D eigenvalue weighted by molar-refractivity contribution is 5.89. The fourth-order valence-corrected chi connectivity index (χ4v) is 1.04. The van der Waals surface area contributed by atoms with E-state index >= 15 is 0 Å². The smallest absolute Gasteiger partial charge is 0.292 e. The van der Waals surface area contributed by atoms with Crippen molar-refractivity contribution >= 4 is 11.6 Å². The van der Waals surface area contributed by atoms with E-state index in [4.69, 9.17) is 5.26 Å². The predicted octanol–water partition coefficient (Wildman–Crippen LogP) is 1.81. The normalized spacial score (nSPS) is 8.93. The Kier molecular flexibility index (Phi) is 3.08. The van der Waals surface area contributed by atoms with E-state index < -0.39 is 0 Å². The van der Waals surface area contributed by atoms with Gasteiger partial charge >= 0.3 is 0 Å². The van der Waals surface area contributed by atoms with E-state index in [1.54, 1.807) is 24.5 Å². The molecule has 0 spiro atoms. The van der Waals surface area contributed by atoms with Crippen LogP contribution in [-0.4, -0.2) is 5.91 Å². The summed E-state index contributed by atoms with van der Waals surface area (Å²) < 4.78 is 4.64. The van der Waals surface area contributed by atoms with Crippen molar-refractivity contribution in [2.75, 3.05) is 5.32 Å². The minimum atomic E-state index is -0.151. The van der Waals surface area contributed by atoms with Crippen molar-refractivity contribution < 1.29 is 9.53 Å². The Hall–Kier alpha value is -2.02. The third-order valence-electron chi connectivity index (χ3n) is 1.68. The highest BCUT2D eigenvalue weighted by Gasteiger charge is 2.02. The summed E-state index contributed by atoms with van der Waals surface area (Å²) >= 11 is 0. The zero-order valence-corrected chi connectivity index (χ0v) is 8.00. The van der Waals surface area contributed by atoms with Crippen LogP contribution in [0.15, 0.2) is 18.2 Å². The number of carbonyl (C=O) groups excluding carboxylic acids is 1. The number of amides is 1. The third kappa shape index (κ3) is 2.49. The van der Waals surface area contributed by atoms with E-state index in [0.717, 1.165) is 5.56 Å². The molecule has 0 aliphatic rings. The van der Waals surface area contributed by atoms with Gasteiger partial charge in [-0.25, -0.2) is 0 Å². The van der Waals surface area contributed by atoms with E-state index in [2.05, 4.69) is 10.1 Å². The summed E-state index contributed by atoms with van der Waals surface area (Å²) in [5.41, 5.74) is 1.58. The van der Waals surface area contributed by atoms with Crippen LogP contribution in [0, 0.1) is 18.4 Å². The Bertz CT molecular complexity index is 394. The van der Waals surface area contributed by atoms with E-state index in [0.29, 0.717) is 11.4 Å². The third-order valence-corrected chi connectivity index (χ3v) is 1.68. The Balaban J connectivity index is 2.97. The Labute approximate surface area is 82.1 Å². The van der Waals surface area contributed by atoms with Crippen LogP contribution in [0.4, 0.5) is 5.69 Å². The summed E-state index contributed by atoms with van der Waals surface area (Å²) in [6.07, 6.45) is 1.57. The summed E-state index contributed by atoms with van der Waals surface area (Å²) in [6.45, 7) is 3.29. The Morgan fingerprint density at radius 1 is 1.57 bits per heavy atom. The van der Waals surface area contributed by atoms with Crippen molar-refractivity contribution in [2.45, 2.75) is 13.8 Å². The second-order valence-corrected chi connectivity index (χ2v) is 2.85. The second kappa shape index (κ2) is 4.28. The molecule has 0 bridgehead atoms. The van der Waals surface area contributed by atoms with E-state index in [1.165, 1.54) is 6.92 Å². The lowest BCUT2D eigenvalue weighted by Crippen LogP contribution is -2.07. The maximum atomic E-state index is 10.8. The number of ether oxygens (including phenoxy) is 1. The van der Waals surface area contributed by atoms with Crippen LogP contribution in [0.25, 0.3) is 0 Å². The summed E-state index contributed by atoms with van der Waals surface area (Å²) in [5.74, 6) is 0.268. The van der Waals surface area contributed by atoms with Crippen molar-refractivity contribution in [3.63, 3.8) is 0 Å². The monoisotopic (exact) mass is 190 g/mol. The molecule has 0 heterocycles. The molecule has 0 unspecified atom stereocenters. The zero-order valence-electron chi connectivity index (χ0n) is 8.00. The molecule has 14 heavy (non-hydrogen) atoms. The first kappa shape index (κ1) is 10.1. The van der Waals surface area contributed by atoms with Crippen molar-refractivity contribution in [3.05, 3.63) is 23.8 Å². The first-order valence-electron chi connectivity index (χ1n) is 4.07. The van der Waals surface area contributed by atoms with Gasteiger partial charge < -0.3 is 10.1 Å². The molecule has 0 aliphatic carbocycles. The lowest BCUT2D eigenvalue weighted by molar-refractivity contribution is -0.114. The average Bonchev–Trinajstić information content (AvgIpc) is 2.10. The van der Waals surface area contributed by atoms with Gasteiger partial charge in [-0.2, -0.15) is 0 Å². The van der Waals surface area contributed by atoms with Crippen LogP contribution in [0.3, 0.4) is 0 Å². The maximum absolute atomic E-state index is 10.8. The number of nitriles is 1. The quantitative estimate of drug-likeness (QED) is 0.723. The number of nitrogens with one attached hydrogen (secondary N) is 1. The standard InChI is InChI=1S/C10H10N2O2/c1-7-3-4-9(14-6-11)5-10(7)12-8(2)13/h3-5H,1-2H3,(H,12,13). The Morgan fingerprint density at radius 2 is 2.29 bits per heavy atom. The predicted molar refractivity (Wildman–Crippen MR) is 51.7 cm³/mol. The van der Waals surface area contributed by atoms with Crippen molar-refractivity contribution in [1.29, 1.82) is 5.26 Å². The van der Waals surface area contributed by atoms with Gasteiger partial charge in [0.15, 0.2) is 0 Å². The highest BCUT2D eigenvalue weighted by Crippen LogP contribution is 2.21. The minimum Gasteiger partial charge on any atom is -0.388 e. The number of carbonyl (C=O) groups is 1. The average molecular weight is 190 g/mol. The van der Waals surface area contributed by atoms with Gasteiger partial charge in [0.2, 0.25) is 5.91 Å². The summed E-state index contributed by atoms with van der Waals surface area (Å²) in [5, 5.41) is 10.9. The molecule has 0 radical (unpaired) electrons. The molecule has 4 nitrogen and oxygen atoms in total. The molecule has 0 saturated carbocycles. The van der Waals surface area contributed by atoms with E-state index in [1.807, 2.05) is 6.92 Å². The molecular weight excluding hydrogens is 180 g/mol. The number of hydrogen-bond acceptors (Lipinski definition) is 3. The number of nitrogens with zero attached hydrogens (tertiary/aromatic N) is 1. The molecule has 0 aromatic heterocycles. The van der Waals surface area contributed by atoms with Gasteiger partial charge in [0.05, 0.1) is 0 Å². The summed E-state index contributed by atoms with van der Waals surface area (Å²) in [4.78, 5) is 10.8. The van der Waals surface area contributed by atoms with Crippen molar-refractivity contribution in [3.8, 4) is 12.0 Å². The van der Waals surface area contributed by atoms with Crippen LogP contribution in [0.1, 0.15) is 12.5 Å². The molecule has 1 amide bonds. The molecule has 0 atom stereocenters. The maximum Gasteiger partial charge on any atom is 0.292 e. The SMILES string of the molecule is CC(=O)Nc1cc(OC#N)ccc1C. The van der Waals surface area contributed by atoms with Gasteiger partial charge in [-0.3, -0.25) is 4.79 Å². The van der Waals surface area contributed by atoms with Crippen LogP contribution in [0.2, 0.25) is 0 Å². The molecular formula is C10H10N2O2.